The maximum absolute atomic E-state index is 9.13. The van der Waals surface area contributed by atoms with E-state index in [1.54, 1.807) is 0 Å². The Morgan fingerprint density at radius 2 is 2.31 bits per heavy atom. The van der Waals surface area contributed by atoms with Gasteiger partial charge in [-0.1, -0.05) is 6.92 Å². The SMILES string of the molecule is CCN1CCCC1CN(C)CC(CO)NC. The van der Waals surface area contributed by atoms with Crippen LogP contribution >= 0.6 is 0 Å². The Kier molecular flexibility index (Phi) is 6.28. The first kappa shape index (κ1) is 13.9. The van der Waals surface area contributed by atoms with Crippen molar-refractivity contribution in [2.24, 2.45) is 0 Å². The Hall–Kier alpha value is -0.160. The molecule has 0 aromatic heterocycles. The molecule has 4 nitrogen and oxygen atoms in total. The van der Waals surface area contributed by atoms with Gasteiger partial charge in [-0.05, 0) is 40.0 Å². The maximum atomic E-state index is 9.13. The van der Waals surface area contributed by atoms with Gasteiger partial charge in [-0.15, -0.1) is 0 Å². The van der Waals surface area contributed by atoms with Crippen molar-refractivity contribution in [2.45, 2.75) is 31.8 Å². The predicted molar refractivity (Wildman–Crippen MR) is 67.7 cm³/mol. The molecule has 0 radical (unpaired) electrons. The molecule has 16 heavy (non-hydrogen) atoms. The lowest BCUT2D eigenvalue weighted by atomic mass is 10.2. The summed E-state index contributed by atoms with van der Waals surface area (Å²) in [5.74, 6) is 0. The van der Waals surface area contributed by atoms with Gasteiger partial charge in [0.1, 0.15) is 0 Å². The molecule has 1 aliphatic rings. The van der Waals surface area contributed by atoms with Crippen LogP contribution in [0.3, 0.4) is 0 Å². The van der Waals surface area contributed by atoms with Gasteiger partial charge in [0, 0.05) is 25.2 Å². The van der Waals surface area contributed by atoms with Gasteiger partial charge in [0.25, 0.3) is 0 Å². The first-order chi connectivity index (χ1) is 7.71. The number of aliphatic hydroxyl groups excluding tert-OH is 1. The van der Waals surface area contributed by atoms with E-state index in [9.17, 15) is 0 Å². The fraction of sp³-hybridized carbons (Fsp3) is 1.00. The number of likely N-dealkylation sites (tertiary alicyclic amines) is 1. The standard InChI is InChI=1S/C12H27N3O/c1-4-15-7-5-6-12(15)9-14(3)8-11(10-16)13-2/h11-13,16H,4-10H2,1-3H3. The summed E-state index contributed by atoms with van der Waals surface area (Å²) in [7, 11) is 4.05. The van der Waals surface area contributed by atoms with Gasteiger partial charge in [0.2, 0.25) is 0 Å². The fourth-order valence-corrected chi connectivity index (χ4v) is 2.57. The second-order valence-electron chi connectivity index (χ2n) is 4.81. The highest BCUT2D eigenvalue weighted by Crippen LogP contribution is 2.17. The third kappa shape index (κ3) is 4.01. The number of aliphatic hydroxyl groups is 1. The van der Waals surface area contributed by atoms with E-state index in [2.05, 4.69) is 29.1 Å². The number of rotatable bonds is 7. The first-order valence-electron chi connectivity index (χ1n) is 6.42. The van der Waals surface area contributed by atoms with Crippen LogP contribution in [0.2, 0.25) is 0 Å². The van der Waals surface area contributed by atoms with Crippen molar-refractivity contribution in [3.63, 3.8) is 0 Å². The third-order valence-corrected chi connectivity index (χ3v) is 3.59. The molecule has 0 amide bonds. The van der Waals surface area contributed by atoms with Crippen LogP contribution in [-0.2, 0) is 0 Å². The second kappa shape index (κ2) is 7.22. The molecule has 0 aromatic carbocycles. The molecule has 96 valence electrons. The summed E-state index contributed by atoms with van der Waals surface area (Å²) >= 11 is 0. The average Bonchev–Trinajstić information content (AvgIpc) is 2.73. The van der Waals surface area contributed by atoms with E-state index in [0.29, 0.717) is 6.04 Å². The summed E-state index contributed by atoms with van der Waals surface area (Å²) in [4.78, 5) is 4.89. The molecular formula is C12H27N3O. The summed E-state index contributed by atoms with van der Waals surface area (Å²) < 4.78 is 0. The molecule has 2 unspecified atom stereocenters. The molecule has 1 rings (SSSR count). The minimum Gasteiger partial charge on any atom is -0.395 e. The summed E-state index contributed by atoms with van der Waals surface area (Å²) in [6, 6.07) is 0.910. The largest absolute Gasteiger partial charge is 0.395 e. The highest BCUT2D eigenvalue weighted by atomic mass is 16.3. The molecule has 0 spiro atoms. The highest BCUT2D eigenvalue weighted by Gasteiger charge is 2.24. The second-order valence-corrected chi connectivity index (χ2v) is 4.81. The molecule has 4 heteroatoms. The molecule has 1 fully saturated rings. The molecule has 0 aliphatic carbocycles. The average molecular weight is 229 g/mol. The van der Waals surface area contributed by atoms with E-state index < -0.39 is 0 Å². The van der Waals surface area contributed by atoms with E-state index in [1.165, 1.54) is 19.4 Å². The minimum atomic E-state index is 0.196. The van der Waals surface area contributed by atoms with E-state index >= 15 is 0 Å². The molecule has 2 atom stereocenters. The van der Waals surface area contributed by atoms with Crippen LogP contribution in [0.15, 0.2) is 0 Å². The lowest BCUT2D eigenvalue weighted by molar-refractivity contribution is 0.166. The Bertz CT molecular complexity index is 185. The van der Waals surface area contributed by atoms with Crippen molar-refractivity contribution < 1.29 is 5.11 Å². The van der Waals surface area contributed by atoms with Crippen LogP contribution in [-0.4, -0.2) is 73.9 Å². The lowest BCUT2D eigenvalue weighted by Gasteiger charge is -2.29. The van der Waals surface area contributed by atoms with Gasteiger partial charge < -0.3 is 15.3 Å². The quantitative estimate of drug-likeness (QED) is 0.644. The predicted octanol–water partition coefficient (Wildman–Crippen LogP) is -0.0172. The van der Waals surface area contributed by atoms with Gasteiger partial charge in [-0.3, -0.25) is 4.90 Å². The fourth-order valence-electron chi connectivity index (χ4n) is 2.57. The molecule has 1 heterocycles. The highest BCUT2D eigenvalue weighted by molar-refractivity contribution is 4.81. The summed E-state index contributed by atoms with van der Waals surface area (Å²) in [5.41, 5.74) is 0. The number of nitrogens with zero attached hydrogens (tertiary/aromatic N) is 2. The van der Waals surface area contributed by atoms with Gasteiger partial charge in [-0.2, -0.15) is 0 Å². The topological polar surface area (TPSA) is 38.7 Å². The van der Waals surface area contributed by atoms with Gasteiger partial charge in [0.15, 0.2) is 0 Å². The van der Waals surface area contributed by atoms with Gasteiger partial charge in [0.05, 0.1) is 6.61 Å². The first-order valence-corrected chi connectivity index (χ1v) is 6.42. The van der Waals surface area contributed by atoms with Crippen LogP contribution in [0.5, 0.6) is 0 Å². The van der Waals surface area contributed by atoms with E-state index in [0.717, 1.165) is 19.6 Å². The Labute approximate surface area is 99.6 Å². The van der Waals surface area contributed by atoms with E-state index in [1.807, 2.05) is 7.05 Å². The number of hydrogen-bond donors (Lipinski definition) is 2. The number of hydrogen-bond acceptors (Lipinski definition) is 4. The maximum Gasteiger partial charge on any atom is 0.0597 e. The van der Waals surface area contributed by atoms with Crippen molar-refractivity contribution in [3.05, 3.63) is 0 Å². The molecule has 1 aliphatic heterocycles. The third-order valence-electron chi connectivity index (χ3n) is 3.59. The molecule has 0 saturated carbocycles. The Balaban J connectivity index is 2.29. The zero-order chi connectivity index (χ0) is 12.0. The van der Waals surface area contributed by atoms with Gasteiger partial charge >= 0.3 is 0 Å². The van der Waals surface area contributed by atoms with Crippen molar-refractivity contribution in [2.75, 3.05) is 46.9 Å². The van der Waals surface area contributed by atoms with Crippen molar-refractivity contribution in [1.29, 1.82) is 0 Å². The molecular weight excluding hydrogens is 202 g/mol. The van der Waals surface area contributed by atoms with Crippen LogP contribution in [0.4, 0.5) is 0 Å². The summed E-state index contributed by atoms with van der Waals surface area (Å²) in [5, 5.41) is 12.3. The zero-order valence-electron chi connectivity index (χ0n) is 10.9. The summed E-state index contributed by atoms with van der Waals surface area (Å²) in [6.07, 6.45) is 2.66. The Morgan fingerprint density at radius 3 is 2.88 bits per heavy atom. The minimum absolute atomic E-state index is 0.196. The van der Waals surface area contributed by atoms with E-state index in [-0.39, 0.29) is 12.6 Å². The van der Waals surface area contributed by atoms with Crippen molar-refractivity contribution >= 4 is 0 Å². The Morgan fingerprint density at radius 1 is 1.56 bits per heavy atom. The van der Waals surface area contributed by atoms with Gasteiger partial charge in [-0.25, -0.2) is 0 Å². The van der Waals surface area contributed by atoms with Crippen LogP contribution in [0.1, 0.15) is 19.8 Å². The molecule has 0 bridgehead atoms. The van der Waals surface area contributed by atoms with Crippen LogP contribution < -0.4 is 5.32 Å². The molecule has 0 aromatic rings. The molecule has 1 saturated heterocycles. The lowest BCUT2D eigenvalue weighted by Crippen LogP contribution is -2.45. The van der Waals surface area contributed by atoms with Crippen molar-refractivity contribution in [1.82, 2.24) is 15.1 Å². The number of likely N-dealkylation sites (N-methyl/N-ethyl adjacent to an activating group) is 3. The van der Waals surface area contributed by atoms with Crippen molar-refractivity contribution in [3.8, 4) is 0 Å². The van der Waals surface area contributed by atoms with Crippen LogP contribution in [0, 0.1) is 0 Å². The normalized spacial score (nSPS) is 24.2. The smallest absolute Gasteiger partial charge is 0.0597 e. The zero-order valence-corrected chi connectivity index (χ0v) is 10.9. The molecule has 2 N–H and O–H groups in total. The monoisotopic (exact) mass is 229 g/mol. The summed E-state index contributed by atoms with van der Waals surface area (Å²) in [6.45, 7) is 6.90. The number of nitrogens with one attached hydrogen (secondary N) is 1. The van der Waals surface area contributed by atoms with E-state index in [4.69, 9.17) is 5.11 Å². The van der Waals surface area contributed by atoms with Crippen LogP contribution in [0.25, 0.3) is 0 Å².